The highest BCUT2D eigenvalue weighted by Gasteiger charge is 2.23. The molecule has 2 atom stereocenters. The number of fused-ring (bicyclic) bond motifs is 1. The number of nitrogens with two attached hydrogens (primary N) is 1. The van der Waals surface area contributed by atoms with E-state index in [2.05, 4.69) is 4.98 Å². The second kappa shape index (κ2) is 5.11. The Morgan fingerprint density at radius 2 is 2.05 bits per heavy atom. The van der Waals surface area contributed by atoms with Gasteiger partial charge in [0, 0.05) is 6.04 Å². The Bertz CT molecular complexity index is 628. The van der Waals surface area contributed by atoms with Crippen molar-refractivity contribution < 1.29 is 8.83 Å². The summed E-state index contributed by atoms with van der Waals surface area (Å²) in [5.74, 6) is 0.835. The predicted molar refractivity (Wildman–Crippen MR) is 75.0 cm³/mol. The number of hydrogen-bond donors (Lipinski definition) is 1. The van der Waals surface area contributed by atoms with Gasteiger partial charge in [0.1, 0.15) is 11.3 Å². The summed E-state index contributed by atoms with van der Waals surface area (Å²) in [6, 6.07) is 11.4. The van der Waals surface area contributed by atoms with E-state index in [1.54, 1.807) is 6.26 Å². The Labute approximate surface area is 115 Å². The zero-order valence-electron chi connectivity index (χ0n) is 10.4. The molecule has 98 valence electrons. The van der Waals surface area contributed by atoms with E-state index in [-0.39, 0.29) is 11.3 Å². The van der Waals surface area contributed by atoms with Crippen molar-refractivity contribution in [3.8, 4) is 0 Å². The van der Waals surface area contributed by atoms with E-state index in [1.807, 2.05) is 43.3 Å². The van der Waals surface area contributed by atoms with Crippen LogP contribution in [0.25, 0.3) is 11.1 Å². The number of furan rings is 1. The highest BCUT2D eigenvalue weighted by molar-refractivity contribution is 7.99. The summed E-state index contributed by atoms with van der Waals surface area (Å²) in [5, 5.41) is 0.600. The molecule has 0 aliphatic heterocycles. The van der Waals surface area contributed by atoms with Crippen molar-refractivity contribution in [1.29, 1.82) is 0 Å². The fraction of sp³-hybridized carbons (Fsp3) is 0.214. The van der Waals surface area contributed by atoms with Gasteiger partial charge in [-0.3, -0.25) is 0 Å². The highest BCUT2D eigenvalue weighted by atomic mass is 32.2. The van der Waals surface area contributed by atoms with Crippen LogP contribution in [0.1, 0.15) is 17.9 Å². The second-order valence-electron chi connectivity index (χ2n) is 4.36. The molecule has 0 saturated heterocycles. The second-order valence-corrected chi connectivity index (χ2v) is 5.45. The lowest BCUT2D eigenvalue weighted by atomic mass is 10.2. The van der Waals surface area contributed by atoms with Crippen molar-refractivity contribution in [2.75, 3.05) is 0 Å². The van der Waals surface area contributed by atoms with Crippen molar-refractivity contribution in [2.24, 2.45) is 5.73 Å². The number of hydrogen-bond acceptors (Lipinski definition) is 5. The molecule has 2 unspecified atom stereocenters. The standard InChI is InChI=1S/C14H14N2O2S/c1-9(15)13(12-7-4-8-17-12)19-14-16-10-5-2-3-6-11(10)18-14/h2-9,13H,15H2,1H3. The monoisotopic (exact) mass is 274 g/mol. The molecule has 0 amide bonds. The minimum absolute atomic E-state index is 0.0111. The Morgan fingerprint density at radius 3 is 2.74 bits per heavy atom. The summed E-state index contributed by atoms with van der Waals surface area (Å²) in [6.45, 7) is 1.95. The Balaban J connectivity index is 1.89. The SMILES string of the molecule is CC(N)C(Sc1nc2ccccc2o1)c1ccco1. The number of benzene rings is 1. The molecule has 2 heterocycles. The Kier molecular flexibility index (Phi) is 3.31. The number of para-hydroxylation sites is 2. The summed E-state index contributed by atoms with van der Waals surface area (Å²) in [6.07, 6.45) is 1.65. The molecule has 3 aromatic rings. The molecular formula is C14H14N2O2S. The smallest absolute Gasteiger partial charge is 0.257 e. The van der Waals surface area contributed by atoms with Gasteiger partial charge in [0.05, 0.1) is 11.5 Å². The van der Waals surface area contributed by atoms with Gasteiger partial charge in [-0.1, -0.05) is 23.9 Å². The first-order chi connectivity index (χ1) is 9.24. The van der Waals surface area contributed by atoms with Crippen molar-refractivity contribution in [1.82, 2.24) is 4.98 Å². The van der Waals surface area contributed by atoms with Gasteiger partial charge in [0.25, 0.3) is 5.22 Å². The minimum Gasteiger partial charge on any atom is -0.468 e. The summed E-state index contributed by atoms with van der Waals surface area (Å²) in [7, 11) is 0. The zero-order chi connectivity index (χ0) is 13.2. The first kappa shape index (κ1) is 12.3. The Hall–Kier alpha value is -1.72. The van der Waals surface area contributed by atoms with Crippen LogP contribution in [0.2, 0.25) is 0 Å². The molecule has 0 aliphatic carbocycles. The molecule has 0 radical (unpaired) electrons. The fourth-order valence-electron chi connectivity index (χ4n) is 1.89. The van der Waals surface area contributed by atoms with Crippen molar-refractivity contribution >= 4 is 22.9 Å². The van der Waals surface area contributed by atoms with Gasteiger partial charge in [-0.25, -0.2) is 4.98 Å². The summed E-state index contributed by atoms with van der Waals surface area (Å²) in [5.41, 5.74) is 7.66. The molecule has 0 aliphatic rings. The van der Waals surface area contributed by atoms with Crippen molar-refractivity contribution in [3.63, 3.8) is 0 Å². The van der Waals surface area contributed by atoms with Crippen LogP contribution in [0.3, 0.4) is 0 Å². The summed E-state index contributed by atoms with van der Waals surface area (Å²) in [4.78, 5) is 4.44. The summed E-state index contributed by atoms with van der Waals surface area (Å²) >= 11 is 1.48. The van der Waals surface area contributed by atoms with E-state index in [4.69, 9.17) is 14.6 Å². The molecule has 5 heteroatoms. The molecule has 0 saturated carbocycles. The maximum atomic E-state index is 6.02. The number of oxazole rings is 1. The first-order valence-corrected chi connectivity index (χ1v) is 6.93. The van der Waals surface area contributed by atoms with Crippen LogP contribution in [0.5, 0.6) is 0 Å². The van der Waals surface area contributed by atoms with Crippen LogP contribution in [0, 0.1) is 0 Å². The van der Waals surface area contributed by atoms with Crippen molar-refractivity contribution in [2.45, 2.75) is 23.4 Å². The summed E-state index contributed by atoms with van der Waals surface area (Å²) < 4.78 is 11.1. The third kappa shape index (κ3) is 2.52. The molecule has 0 spiro atoms. The van der Waals surface area contributed by atoms with Crippen LogP contribution >= 0.6 is 11.8 Å². The van der Waals surface area contributed by atoms with Gasteiger partial charge in [-0.15, -0.1) is 0 Å². The number of aromatic nitrogens is 1. The maximum absolute atomic E-state index is 6.02. The van der Waals surface area contributed by atoms with Crippen LogP contribution in [0.4, 0.5) is 0 Å². The molecule has 0 bridgehead atoms. The largest absolute Gasteiger partial charge is 0.468 e. The lowest BCUT2D eigenvalue weighted by Crippen LogP contribution is -2.22. The lowest BCUT2D eigenvalue weighted by Gasteiger charge is -2.15. The molecule has 3 rings (SSSR count). The molecule has 19 heavy (non-hydrogen) atoms. The maximum Gasteiger partial charge on any atom is 0.257 e. The molecule has 4 nitrogen and oxygen atoms in total. The first-order valence-electron chi connectivity index (χ1n) is 6.05. The normalized spacial score (nSPS) is 14.6. The van der Waals surface area contributed by atoms with Gasteiger partial charge in [-0.05, 0) is 31.2 Å². The van der Waals surface area contributed by atoms with Gasteiger partial charge in [-0.2, -0.15) is 0 Å². The quantitative estimate of drug-likeness (QED) is 0.736. The molecular weight excluding hydrogens is 260 g/mol. The van der Waals surface area contributed by atoms with Crippen LogP contribution in [0.15, 0.2) is 56.7 Å². The fourth-order valence-corrected chi connectivity index (χ4v) is 2.86. The average Bonchev–Trinajstić information content (AvgIpc) is 3.04. The lowest BCUT2D eigenvalue weighted by molar-refractivity contribution is 0.470. The number of rotatable bonds is 4. The van der Waals surface area contributed by atoms with E-state index in [0.717, 1.165) is 16.9 Å². The molecule has 2 aromatic heterocycles. The Morgan fingerprint density at radius 1 is 1.21 bits per heavy atom. The van der Waals surface area contributed by atoms with Crippen LogP contribution in [-0.4, -0.2) is 11.0 Å². The van der Waals surface area contributed by atoms with Gasteiger partial charge in [0.15, 0.2) is 5.58 Å². The number of nitrogens with zero attached hydrogens (tertiary/aromatic N) is 1. The van der Waals surface area contributed by atoms with E-state index >= 15 is 0 Å². The minimum atomic E-state index is -0.0637. The van der Waals surface area contributed by atoms with Gasteiger partial charge < -0.3 is 14.6 Å². The van der Waals surface area contributed by atoms with E-state index in [9.17, 15) is 0 Å². The highest BCUT2D eigenvalue weighted by Crippen LogP contribution is 2.37. The van der Waals surface area contributed by atoms with Gasteiger partial charge >= 0.3 is 0 Å². The van der Waals surface area contributed by atoms with Gasteiger partial charge in [0.2, 0.25) is 0 Å². The number of thioether (sulfide) groups is 1. The molecule has 1 aromatic carbocycles. The topological polar surface area (TPSA) is 65.2 Å². The van der Waals surface area contributed by atoms with E-state index in [0.29, 0.717) is 5.22 Å². The van der Waals surface area contributed by atoms with E-state index < -0.39 is 0 Å². The van der Waals surface area contributed by atoms with E-state index in [1.165, 1.54) is 11.8 Å². The third-order valence-electron chi connectivity index (χ3n) is 2.80. The third-order valence-corrected chi connectivity index (χ3v) is 4.09. The average molecular weight is 274 g/mol. The van der Waals surface area contributed by atoms with Crippen LogP contribution < -0.4 is 5.73 Å². The molecule has 0 fully saturated rings. The molecule has 2 N–H and O–H groups in total. The zero-order valence-corrected chi connectivity index (χ0v) is 11.3. The van der Waals surface area contributed by atoms with Crippen molar-refractivity contribution in [3.05, 3.63) is 48.4 Å². The van der Waals surface area contributed by atoms with Crippen LogP contribution in [-0.2, 0) is 0 Å². The predicted octanol–water partition coefficient (Wildman–Crippen LogP) is 3.60.